The number of amides is 2. The average Bonchev–Trinajstić information content (AvgIpc) is 2.47. The first-order chi connectivity index (χ1) is 9.61. The van der Waals surface area contributed by atoms with Crippen molar-refractivity contribution < 1.29 is 9.59 Å². The molecule has 1 aromatic carbocycles. The first-order valence-electron chi connectivity index (χ1n) is 6.90. The number of nitrogens with zero attached hydrogens (tertiary/aromatic N) is 2. The summed E-state index contributed by atoms with van der Waals surface area (Å²) in [5.74, 6) is 0.0112. The van der Waals surface area contributed by atoms with Crippen LogP contribution in [0, 0.1) is 0 Å². The summed E-state index contributed by atoms with van der Waals surface area (Å²) in [5.41, 5.74) is 6.65. The van der Waals surface area contributed by atoms with Crippen LogP contribution in [0.15, 0.2) is 30.3 Å². The number of carbonyl (C=O) groups is 2. The Morgan fingerprint density at radius 1 is 1.25 bits per heavy atom. The van der Waals surface area contributed by atoms with Crippen molar-refractivity contribution in [2.45, 2.75) is 19.4 Å². The fourth-order valence-corrected chi connectivity index (χ4v) is 2.65. The van der Waals surface area contributed by atoms with Crippen LogP contribution in [0.5, 0.6) is 0 Å². The zero-order chi connectivity index (χ0) is 14.5. The van der Waals surface area contributed by atoms with E-state index < -0.39 is 0 Å². The van der Waals surface area contributed by atoms with E-state index in [1.54, 1.807) is 11.8 Å². The number of carbonyl (C=O) groups excluding carboxylic acids is 2. The van der Waals surface area contributed by atoms with Gasteiger partial charge >= 0.3 is 0 Å². The van der Waals surface area contributed by atoms with E-state index in [-0.39, 0.29) is 24.4 Å². The molecule has 2 amide bonds. The molecule has 1 aliphatic rings. The molecule has 108 valence electrons. The molecule has 1 atom stereocenters. The Morgan fingerprint density at radius 3 is 2.55 bits per heavy atom. The maximum Gasteiger partial charge on any atom is 0.236 e. The molecule has 0 aromatic heterocycles. The Labute approximate surface area is 119 Å². The fraction of sp³-hybridized carbons (Fsp3) is 0.467. The molecule has 1 fully saturated rings. The van der Waals surface area contributed by atoms with Crippen molar-refractivity contribution in [2.75, 3.05) is 26.2 Å². The minimum Gasteiger partial charge on any atom is -0.339 e. The van der Waals surface area contributed by atoms with E-state index in [9.17, 15) is 9.59 Å². The van der Waals surface area contributed by atoms with Gasteiger partial charge in [-0.3, -0.25) is 9.59 Å². The van der Waals surface area contributed by atoms with Crippen LogP contribution in [0.1, 0.15) is 12.5 Å². The first kappa shape index (κ1) is 14.5. The normalized spacial score (nSPS) is 19.0. The third kappa shape index (κ3) is 3.36. The quantitative estimate of drug-likeness (QED) is 0.859. The minimum atomic E-state index is -0.0471. The monoisotopic (exact) mass is 275 g/mol. The summed E-state index contributed by atoms with van der Waals surface area (Å²) in [7, 11) is 0. The van der Waals surface area contributed by atoms with Crippen molar-refractivity contribution in [3.05, 3.63) is 35.9 Å². The number of nitrogens with two attached hydrogens (primary N) is 1. The summed E-state index contributed by atoms with van der Waals surface area (Å²) < 4.78 is 0. The molecular weight excluding hydrogens is 254 g/mol. The molecule has 0 aliphatic carbocycles. The Bertz CT molecular complexity index is 475. The van der Waals surface area contributed by atoms with E-state index in [4.69, 9.17) is 5.73 Å². The van der Waals surface area contributed by atoms with Crippen LogP contribution < -0.4 is 5.73 Å². The van der Waals surface area contributed by atoms with Crippen LogP contribution in [0.3, 0.4) is 0 Å². The SMILES string of the molecule is CC(=O)N1CCN(C(=O)CN)C(Cc2ccccc2)C1. The highest BCUT2D eigenvalue weighted by molar-refractivity contribution is 5.79. The van der Waals surface area contributed by atoms with Gasteiger partial charge in [-0.15, -0.1) is 0 Å². The van der Waals surface area contributed by atoms with Crippen LogP contribution in [0.4, 0.5) is 0 Å². The van der Waals surface area contributed by atoms with Crippen molar-refractivity contribution in [2.24, 2.45) is 5.73 Å². The molecule has 1 unspecified atom stereocenters. The summed E-state index contributed by atoms with van der Waals surface area (Å²) in [6.45, 7) is 3.32. The van der Waals surface area contributed by atoms with Crippen LogP contribution in [0.25, 0.3) is 0 Å². The first-order valence-corrected chi connectivity index (χ1v) is 6.90. The number of rotatable bonds is 3. The maximum atomic E-state index is 11.9. The van der Waals surface area contributed by atoms with Crippen LogP contribution in [-0.4, -0.2) is 53.8 Å². The summed E-state index contributed by atoms with van der Waals surface area (Å²) in [6.07, 6.45) is 0.746. The summed E-state index contributed by atoms with van der Waals surface area (Å²) in [6, 6.07) is 10.0. The van der Waals surface area contributed by atoms with E-state index >= 15 is 0 Å². The van der Waals surface area contributed by atoms with Crippen molar-refractivity contribution >= 4 is 11.8 Å². The van der Waals surface area contributed by atoms with Gasteiger partial charge in [0.15, 0.2) is 0 Å². The Morgan fingerprint density at radius 2 is 1.95 bits per heavy atom. The predicted molar refractivity (Wildman–Crippen MR) is 77.0 cm³/mol. The summed E-state index contributed by atoms with van der Waals surface area (Å²) in [4.78, 5) is 27.1. The average molecular weight is 275 g/mol. The molecule has 0 radical (unpaired) electrons. The smallest absolute Gasteiger partial charge is 0.236 e. The third-order valence-electron chi connectivity index (χ3n) is 3.74. The molecule has 1 heterocycles. The summed E-state index contributed by atoms with van der Waals surface area (Å²) in [5, 5.41) is 0. The van der Waals surface area contributed by atoms with Crippen molar-refractivity contribution in [3.63, 3.8) is 0 Å². The van der Waals surface area contributed by atoms with Gasteiger partial charge in [-0.2, -0.15) is 0 Å². The maximum absolute atomic E-state index is 11.9. The van der Waals surface area contributed by atoms with Gasteiger partial charge in [0.05, 0.1) is 12.6 Å². The lowest BCUT2D eigenvalue weighted by atomic mass is 10.0. The molecule has 0 spiro atoms. The third-order valence-corrected chi connectivity index (χ3v) is 3.74. The van der Waals surface area contributed by atoms with E-state index in [1.165, 1.54) is 0 Å². The second-order valence-electron chi connectivity index (χ2n) is 5.10. The molecular formula is C15H21N3O2. The second kappa shape index (κ2) is 6.52. The minimum absolute atomic E-state index is 0.00565. The molecule has 1 aromatic rings. The van der Waals surface area contributed by atoms with Crippen molar-refractivity contribution in [1.82, 2.24) is 9.80 Å². The van der Waals surface area contributed by atoms with Gasteiger partial charge in [0.1, 0.15) is 0 Å². The molecule has 5 heteroatoms. The standard InChI is InChI=1S/C15H21N3O2/c1-12(19)17-7-8-18(15(20)10-16)14(11-17)9-13-5-3-2-4-6-13/h2-6,14H,7-11,16H2,1H3. The Balaban J connectivity index is 2.13. The molecule has 1 aliphatic heterocycles. The second-order valence-corrected chi connectivity index (χ2v) is 5.10. The van der Waals surface area contributed by atoms with Gasteiger partial charge in [0.25, 0.3) is 0 Å². The number of piperazine rings is 1. The van der Waals surface area contributed by atoms with Gasteiger partial charge in [-0.1, -0.05) is 30.3 Å². The van der Waals surface area contributed by atoms with E-state index in [0.717, 1.165) is 12.0 Å². The molecule has 0 saturated carbocycles. The van der Waals surface area contributed by atoms with Gasteiger partial charge < -0.3 is 15.5 Å². The Hall–Kier alpha value is -1.88. The predicted octanol–water partition coefficient (Wildman–Crippen LogP) is 0.247. The number of hydrogen-bond donors (Lipinski definition) is 1. The lowest BCUT2D eigenvalue weighted by molar-refractivity contribution is -0.140. The molecule has 20 heavy (non-hydrogen) atoms. The van der Waals surface area contributed by atoms with Gasteiger partial charge in [0, 0.05) is 26.6 Å². The van der Waals surface area contributed by atoms with Crippen LogP contribution >= 0.6 is 0 Å². The van der Waals surface area contributed by atoms with E-state index in [1.807, 2.05) is 35.2 Å². The molecule has 0 bridgehead atoms. The van der Waals surface area contributed by atoms with Gasteiger partial charge in [-0.25, -0.2) is 0 Å². The summed E-state index contributed by atoms with van der Waals surface area (Å²) >= 11 is 0. The molecule has 1 saturated heterocycles. The zero-order valence-electron chi connectivity index (χ0n) is 11.8. The largest absolute Gasteiger partial charge is 0.339 e. The van der Waals surface area contributed by atoms with E-state index in [2.05, 4.69) is 0 Å². The Kier molecular flexibility index (Phi) is 4.74. The number of benzene rings is 1. The fourth-order valence-electron chi connectivity index (χ4n) is 2.65. The molecule has 2 N–H and O–H groups in total. The van der Waals surface area contributed by atoms with E-state index in [0.29, 0.717) is 19.6 Å². The topological polar surface area (TPSA) is 66.6 Å². The van der Waals surface area contributed by atoms with Crippen molar-refractivity contribution in [1.29, 1.82) is 0 Å². The van der Waals surface area contributed by atoms with Gasteiger partial charge in [0.2, 0.25) is 11.8 Å². The van der Waals surface area contributed by atoms with Crippen LogP contribution in [0.2, 0.25) is 0 Å². The van der Waals surface area contributed by atoms with Crippen LogP contribution in [-0.2, 0) is 16.0 Å². The van der Waals surface area contributed by atoms with Crippen molar-refractivity contribution in [3.8, 4) is 0 Å². The highest BCUT2D eigenvalue weighted by atomic mass is 16.2. The lowest BCUT2D eigenvalue weighted by Gasteiger charge is -2.41. The zero-order valence-corrected chi connectivity index (χ0v) is 11.8. The highest BCUT2D eigenvalue weighted by Gasteiger charge is 2.30. The highest BCUT2D eigenvalue weighted by Crippen LogP contribution is 2.15. The lowest BCUT2D eigenvalue weighted by Crippen LogP contribution is -2.58. The molecule has 5 nitrogen and oxygen atoms in total. The molecule has 2 rings (SSSR count). The van der Waals surface area contributed by atoms with Gasteiger partial charge in [-0.05, 0) is 12.0 Å². The number of hydrogen-bond acceptors (Lipinski definition) is 3.